The van der Waals surface area contributed by atoms with Crippen LogP contribution in [-0.4, -0.2) is 40.0 Å². The molecular formula is C16H16N4O3. The molecule has 0 bridgehead atoms. The zero-order chi connectivity index (χ0) is 16.4. The number of rotatable bonds is 3. The fraction of sp³-hybridized carbons (Fsp3) is 0.375. The molecule has 0 unspecified atom stereocenters. The molecule has 1 amide bonds. The average Bonchev–Trinajstić information content (AvgIpc) is 3.13. The number of ether oxygens (including phenoxy) is 1. The molecule has 0 saturated carbocycles. The maximum Gasteiger partial charge on any atom is 0.257 e. The van der Waals surface area contributed by atoms with Gasteiger partial charge in [0.1, 0.15) is 23.7 Å². The number of carbonyl (C=O) groups is 1. The van der Waals surface area contributed by atoms with Crippen molar-refractivity contribution in [3.8, 4) is 11.9 Å². The summed E-state index contributed by atoms with van der Waals surface area (Å²) in [5.41, 5.74) is 0.735. The standard InChI is InChI=1S/C16H16N4O3/c1-10-7-13(11(2)22-10)16(21)20-6-3-12(9-20)23-15-14(8-17)18-4-5-19-15/h4-5,7,12H,3,6,9H2,1-2H3/t12-/m0/s1. The van der Waals surface area contributed by atoms with Crippen molar-refractivity contribution in [3.63, 3.8) is 0 Å². The van der Waals surface area contributed by atoms with Crippen LogP contribution in [0.4, 0.5) is 0 Å². The Morgan fingerprint density at radius 1 is 1.43 bits per heavy atom. The van der Waals surface area contributed by atoms with E-state index in [2.05, 4.69) is 9.97 Å². The zero-order valence-electron chi connectivity index (χ0n) is 12.9. The number of nitrogens with zero attached hydrogens (tertiary/aromatic N) is 4. The molecule has 1 atom stereocenters. The van der Waals surface area contributed by atoms with Gasteiger partial charge in [-0.2, -0.15) is 5.26 Å². The van der Waals surface area contributed by atoms with Crippen LogP contribution in [0, 0.1) is 25.2 Å². The van der Waals surface area contributed by atoms with Gasteiger partial charge in [0.2, 0.25) is 5.69 Å². The summed E-state index contributed by atoms with van der Waals surface area (Å²) in [6.45, 7) is 4.64. The van der Waals surface area contributed by atoms with E-state index in [-0.39, 0.29) is 23.6 Å². The second-order valence-corrected chi connectivity index (χ2v) is 5.43. The Morgan fingerprint density at radius 2 is 2.22 bits per heavy atom. The van der Waals surface area contributed by atoms with E-state index in [0.717, 1.165) is 5.76 Å². The van der Waals surface area contributed by atoms with Crippen molar-refractivity contribution < 1.29 is 13.9 Å². The third kappa shape index (κ3) is 3.01. The molecule has 1 fully saturated rings. The van der Waals surface area contributed by atoms with Gasteiger partial charge < -0.3 is 14.1 Å². The summed E-state index contributed by atoms with van der Waals surface area (Å²) in [6, 6.07) is 3.70. The molecule has 1 aliphatic rings. The van der Waals surface area contributed by atoms with Gasteiger partial charge >= 0.3 is 0 Å². The van der Waals surface area contributed by atoms with E-state index in [4.69, 9.17) is 14.4 Å². The van der Waals surface area contributed by atoms with Gasteiger partial charge in [0.15, 0.2) is 0 Å². The minimum absolute atomic E-state index is 0.0647. The average molecular weight is 312 g/mol. The van der Waals surface area contributed by atoms with Crippen LogP contribution in [-0.2, 0) is 0 Å². The van der Waals surface area contributed by atoms with Crippen molar-refractivity contribution >= 4 is 5.91 Å². The Bertz CT molecular complexity index is 778. The molecule has 1 saturated heterocycles. The van der Waals surface area contributed by atoms with E-state index >= 15 is 0 Å². The molecule has 7 nitrogen and oxygen atoms in total. The van der Waals surface area contributed by atoms with Gasteiger partial charge in [-0.25, -0.2) is 9.97 Å². The fourth-order valence-electron chi connectivity index (χ4n) is 2.67. The van der Waals surface area contributed by atoms with Gasteiger partial charge in [0, 0.05) is 25.4 Å². The SMILES string of the molecule is Cc1cc(C(=O)N2CC[C@H](Oc3nccnc3C#N)C2)c(C)o1. The summed E-state index contributed by atoms with van der Waals surface area (Å²) in [5.74, 6) is 1.49. The maximum atomic E-state index is 12.5. The zero-order valence-corrected chi connectivity index (χ0v) is 12.9. The van der Waals surface area contributed by atoms with Crippen molar-refractivity contribution in [2.24, 2.45) is 0 Å². The van der Waals surface area contributed by atoms with Gasteiger partial charge in [-0.3, -0.25) is 4.79 Å². The van der Waals surface area contributed by atoms with Gasteiger partial charge in [-0.1, -0.05) is 0 Å². The molecule has 0 N–H and O–H groups in total. The largest absolute Gasteiger partial charge is 0.470 e. The van der Waals surface area contributed by atoms with Crippen molar-refractivity contribution in [1.29, 1.82) is 5.26 Å². The van der Waals surface area contributed by atoms with Crippen LogP contribution in [0.3, 0.4) is 0 Å². The molecule has 3 heterocycles. The summed E-state index contributed by atoms with van der Waals surface area (Å²) >= 11 is 0. The third-order valence-electron chi connectivity index (χ3n) is 3.75. The highest BCUT2D eigenvalue weighted by molar-refractivity contribution is 5.95. The molecule has 118 valence electrons. The van der Waals surface area contributed by atoms with Crippen molar-refractivity contribution in [3.05, 3.63) is 41.2 Å². The second kappa shape index (κ2) is 6.08. The Hall–Kier alpha value is -2.88. The predicted octanol–water partition coefficient (Wildman–Crippen LogP) is 1.85. The molecule has 0 aromatic carbocycles. The van der Waals surface area contributed by atoms with E-state index in [1.807, 2.05) is 13.0 Å². The summed E-state index contributed by atoms with van der Waals surface area (Å²) in [6.07, 6.45) is 3.41. The number of furan rings is 1. The van der Waals surface area contributed by atoms with Crippen LogP contribution in [0.15, 0.2) is 22.9 Å². The van der Waals surface area contributed by atoms with Crippen LogP contribution < -0.4 is 4.74 Å². The van der Waals surface area contributed by atoms with Crippen LogP contribution in [0.2, 0.25) is 0 Å². The number of carbonyl (C=O) groups excluding carboxylic acids is 1. The highest BCUT2D eigenvalue weighted by atomic mass is 16.5. The monoisotopic (exact) mass is 312 g/mol. The lowest BCUT2D eigenvalue weighted by atomic mass is 10.2. The molecule has 23 heavy (non-hydrogen) atoms. The number of nitriles is 1. The maximum absolute atomic E-state index is 12.5. The number of aromatic nitrogens is 2. The molecular weight excluding hydrogens is 296 g/mol. The first-order chi connectivity index (χ1) is 11.1. The molecule has 0 aliphatic carbocycles. The Balaban J connectivity index is 1.68. The topological polar surface area (TPSA) is 92.3 Å². The van der Waals surface area contributed by atoms with Crippen molar-refractivity contribution in [1.82, 2.24) is 14.9 Å². The van der Waals surface area contributed by atoms with E-state index in [1.165, 1.54) is 12.4 Å². The van der Waals surface area contributed by atoms with E-state index in [0.29, 0.717) is 30.8 Å². The first kappa shape index (κ1) is 15.0. The lowest BCUT2D eigenvalue weighted by Gasteiger charge is -2.16. The molecule has 7 heteroatoms. The molecule has 2 aromatic rings. The first-order valence-electron chi connectivity index (χ1n) is 7.32. The van der Waals surface area contributed by atoms with Crippen LogP contribution in [0.25, 0.3) is 0 Å². The molecule has 3 rings (SSSR count). The number of likely N-dealkylation sites (tertiary alicyclic amines) is 1. The number of aryl methyl sites for hydroxylation is 2. The lowest BCUT2D eigenvalue weighted by molar-refractivity contribution is 0.0769. The number of hydrogen-bond acceptors (Lipinski definition) is 6. The summed E-state index contributed by atoms with van der Waals surface area (Å²) in [4.78, 5) is 22.2. The number of amides is 1. The summed E-state index contributed by atoms with van der Waals surface area (Å²) in [5, 5.41) is 9.01. The van der Waals surface area contributed by atoms with Crippen molar-refractivity contribution in [2.75, 3.05) is 13.1 Å². The molecule has 1 aliphatic heterocycles. The van der Waals surface area contributed by atoms with Gasteiger partial charge in [-0.15, -0.1) is 0 Å². The third-order valence-corrected chi connectivity index (χ3v) is 3.75. The summed E-state index contributed by atoms with van der Waals surface area (Å²) < 4.78 is 11.2. The highest BCUT2D eigenvalue weighted by Gasteiger charge is 2.30. The lowest BCUT2D eigenvalue weighted by Crippen LogP contribution is -2.31. The molecule has 0 radical (unpaired) electrons. The van der Waals surface area contributed by atoms with Gasteiger partial charge in [-0.05, 0) is 19.9 Å². The normalized spacial score (nSPS) is 17.1. The quantitative estimate of drug-likeness (QED) is 0.859. The Morgan fingerprint density at radius 3 is 2.91 bits per heavy atom. The second-order valence-electron chi connectivity index (χ2n) is 5.43. The van der Waals surface area contributed by atoms with Crippen LogP contribution >= 0.6 is 0 Å². The van der Waals surface area contributed by atoms with E-state index < -0.39 is 0 Å². The minimum Gasteiger partial charge on any atom is -0.470 e. The smallest absolute Gasteiger partial charge is 0.257 e. The van der Waals surface area contributed by atoms with Gasteiger partial charge in [0.25, 0.3) is 11.8 Å². The van der Waals surface area contributed by atoms with Crippen LogP contribution in [0.1, 0.15) is 34.0 Å². The molecule has 2 aromatic heterocycles. The summed E-state index contributed by atoms with van der Waals surface area (Å²) in [7, 11) is 0. The minimum atomic E-state index is -0.198. The van der Waals surface area contributed by atoms with Crippen molar-refractivity contribution in [2.45, 2.75) is 26.4 Å². The Labute approximate surface area is 133 Å². The first-order valence-corrected chi connectivity index (χ1v) is 7.32. The number of hydrogen-bond donors (Lipinski definition) is 0. The predicted molar refractivity (Wildman–Crippen MR) is 79.9 cm³/mol. The van der Waals surface area contributed by atoms with E-state index in [1.54, 1.807) is 17.9 Å². The van der Waals surface area contributed by atoms with Crippen LogP contribution in [0.5, 0.6) is 5.88 Å². The van der Waals surface area contributed by atoms with E-state index in [9.17, 15) is 4.79 Å². The Kier molecular flexibility index (Phi) is 3.98. The highest BCUT2D eigenvalue weighted by Crippen LogP contribution is 2.22. The van der Waals surface area contributed by atoms with Gasteiger partial charge in [0.05, 0.1) is 12.1 Å². The fourth-order valence-corrected chi connectivity index (χ4v) is 2.67. The molecule has 0 spiro atoms.